The van der Waals surface area contributed by atoms with Gasteiger partial charge >= 0.3 is 0 Å². The molecule has 4 aromatic rings. The summed E-state index contributed by atoms with van der Waals surface area (Å²) < 4.78 is 20.5. The SMILES string of the molecule is N#C/C(=C\c1ccc(Cc2ccccc2F)c(Br)c1)C(=O)Nc1ccc(OCc2ccccc2)cc1. The Morgan fingerprint density at radius 1 is 0.944 bits per heavy atom. The van der Waals surface area contributed by atoms with Gasteiger partial charge in [-0.05, 0) is 64.7 Å². The molecule has 0 aliphatic rings. The molecule has 0 atom stereocenters. The van der Waals surface area contributed by atoms with Gasteiger partial charge in [-0.25, -0.2) is 4.39 Å². The number of benzene rings is 4. The van der Waals surface area contributed by atoms with Crippen LogP contribution in [-0.2, 0) is 17.8 Å². The van der Waals surface area contributed by atoms with Gasteiger partial charge < -0.3 is 10.1 Å². The van der Waals surface area contributed by atoms with Crippen LogP contribution in [0.15, 0.2) is 107 Å². The number of nitrogens with zero attached hydrogens (tertiary/aromatic N) is 1. The van der Waals surface area contributed by atoms with E-state index in [0.717, 1.165) is 15.6 Å². The maximum Gasteiger partial charge on any atom is 0.266 e. The van der Waals surface area contributed by atoms with E-state index in [2.05, 4.69) is 21.2 Å². The molecule has 0 heterocycles. The summed E-state index contributed by atoms with van der Waals surface area (Å²) in [5, 5.41) is 12.3. The number of hydrogen-bond acceptors (Lipinski definition) is 3. The first-order chi connectivity index (χ1) is 17.5. The zero-order valence-corrected chi connectivity index (χ0v) is 20.8. The minimum Gasteiger partial charge on any atom is -0.489 e. The fraction of sp³-hybridized carbons (Fsp3) is 0.0667. The van der Waals surface area contributed by atoms with E-state index in [1.165, 1.54) is 12.1 Å². The van der Waals surface area contributed by atoms with E-state index >= 15 is 0 Å². The lowest BCUT2D eigenvalue weighted by molar-refractivity contribution is -0.112. The number of rotatable bonds is 8. The fourth-order valence-electron chi connectivity index (χ4n) is 3.53. The highest BCUT2D eigenvalue weighted by Crippen LogP contribution is 2.24. The van der Waals surface area contributed by atoms with Gasteiger partial charge in [0.1, 0.15) is 29.8 Å². The zero-order valence-electron chi connectivity index (χ0n) is 19.2. The Morgan fingerprint density at radius 2 is 1.67 bits per heavy atom. The third kappa shape index (κ3) is 6.68. The number of carbonyl (C=O) groups excluding carboxylic acids is 1. The summed E-state index contributed by atoms with van der Waals surface area (Å²) >= 11 is 3.52. The van der Waals surface area contributed by atoms with Gasteiger partial charge in [0.15, 0.2) is 0 Å². The van der Waals surface area contributed by atoms with Gasteiger partial charge in [0.05, 0.1) is 0 Å². The molecule has 0 unspecified atom stereocenters. The van der Waals surface area contributed by atoms with Crippen molar-refractivity contribution < 1.29 is 13.9 Å². The molecule has 0 saturated carbocycles. The Kier molecular flexibility index (Phi) is 8.28. The predicted molar refractivity (Wildman–Crippen MR) is 143 cm³/mol. The number of amides is 1. The highest BCUT2D eigenvalue weighted by Gasteiger charge is 2.11. The highest BCUT2D eigenvalue weighted by atomic mass is 79.9. The Bertz CT molecular complexity index is 1430. The smallest absolute Gasteiger partial charge is 0.266 e. The van der Waals surface area contributed by atoms with E-state index < -0.39 is 5.91 Å². The van der Waals surface area contributed by atoms with Crippen LogP contribution in [0.25, 0.3) is 6.08 Å². The zero-order chi connectivity index (χ0) is 25.3. The van der Waals surface area contributed by atoms with Crippen molar-refractivity contribution in [3.05, 3.63) is 135 Å². The second-order valence-corrected chi connectivity index (χ2v) is 8.90. The maximum atomic E-state index is 14.0. The lowest BCUT2D eigenvalue weighted by Gasteiger charge is -2.09. The first kappa shape index (κ1) is 24.9. The van der Waals surface area contributed by atoms with E-state index in [1.54, 1.807) is 54.6 Å². The van der Waals surface area contributed by atoms with Crippen LogP contribution in [0.3, 0.4) is 0 Å². The molecule has 1 N–H and O–H groups in total. The van der Waals surface area contributed by atoms with Crippen LogP contribution >= 0.6 is 15.9 Å². The van der Waals surface area contributed by atoms with Gasteiger partial charge in [0.25, 0.3) is 5.91 Å². The summed E-state index contributed by atoms with van der Waals surface area (Å²) in [6, 6.07) is 30.9. The number of ether oxygens (including phenoxy) is 1. The molecule has 0 saturated heterocycles. The molecule has 0 fully saturated rings. The van der Waals surface area contributed by atoms with E-state index in [9.17, 15) is 14.4 Å². The van der Waals surface area contributed by atoms with E-state index in [-0.39, 0.29) is 11.4 Å². The topological polar surface area (TPSA) is 62.1 Å². The van der Waals surface area contributed by atoms with Crippen LogP contribution in [0.1, 0.15) is 22.3 Å². The van der Waals surface area contributed by atoms with E-state index in [0.29, 0.717) is 35.6 Å². The number of hydrogen-bond donors (Lipinski definition) is 1. The molecule has 0 aliphatic carbocycles. The molecular formula is C30H22BrFN2O2. The molecule has 0 radical (unpaired) electrons. The van der Waals surface area contributed by atoms with Crippen molar-refractivity contribution in [2.24, 2.45) is 0 Å². The summed E-state index contributed by atoms with van der Waals surface area (Å²) in [5.41, 5.74) is 3.74. The average molecular weight is 541 g/mol. The quantitative estimate of drug-likeness (QED) is 0.188. The number of anilines is 1. The summed E-state index contributed by atoms with van der Waals surface area (Å²) in [6.07, 6.45) is 1.94. The predicted octanol–water partition coefficient (Wildman–Crippen LogP) is 7.30. The first-order valence-corrected chi connectivity index (χ1v) is 12.0. The Morgan fingerprint density at radius 3 is 2.36 bits per heavy atom. The van der Waals surface area contributed by atoms with E-state index in [1.807, 2.05) is 42.5 Å². The van der Waals surface area contributed by atoms with Crippen molar-refractivity contribution in [1.29, 1.82) is 5.26 Å². The molecule has 4 aromatic carbocycles. The number of nitrogens with one attached hydrogen (secondary N) is 1. The van der Waals surface area contributed by atoms with Crippen LogP contribution in [0.2, 0.25) is 0 Å². The molecule has 36 heavy (non-hydrogen) atoms. The normalized spacial score (nSPS) is 11.0. The number of nitriles is 1. The minimum absolute atomic E-state index is 0.0341. The van der Waals surface area contributed by atoms with Crippen LogP contribution in [0, 0.1) is 17.1 Å². The van der Waals surface area contributed by atoms with Gasteiger partial charge in [0, 0.05) is 16.6 Å². The largest absolute Gasteiger partial charge is 0.489 e. The summed E-state index contributed by atoms with van der Waals surface area (Å²) in [4.78, 5) is 12.7. The van der Waals surface area contributed by atoms with Crippen LogP contribution < -0.4 is 10.1 Å². The second kappa shape index (κ2) is 12.0. The third-order valence-electron chi connectivity index (χ3n) is 5.45. The first-order valence-electron chi connectivity index (χ1n) is 11.2. The average Bonchev–Trinajstić information content (AvgIpc) is 2.90. The van der Waals surface area contributed by atoms with Gasteiger partial charge in [-0.15, -0.1) is 0 Å². The molecule has 4 rings (SSSR count). The fourth-order valence-corrected chi connectivity index (χ4v) is 4.07. The van der Waals surface area contributed by atoms with Crippen LogP contribution in [0.4, 0.5) is 10.1 Å². The summed E-state index contributed by atoms with van der Waals surface area (Å²) in [5.74, 6) is -0.0946. The monoisotopic (exact) mass is 540 g/mol. The van der Waals surface area contributed by atoms with Crippen molar-refractivity contribution in [2.45, 2.75) is 13.0 Å². The summed E-state index contributed by atoms with van der Waals surface area (Å²) in [7, 11) is 0. The highest BCUT2D eigenvalue weighted by molar-refractivity contribution is 9.10. The molecule has 0 spiro atoms. The molecule has 6 heteroatoms. The number of carbonyl (C=O) groups is 1. The molecule has 0 bridgehead atoms. The molecular weight excluding hydrogens is 519 g/mol. The third-order valence-corrected chi connectivity index (χ3v) is 6.19. The lowest BCUT2D eigenvalue weighted by Crippen LogP contribution is -2.13. The van der Waals surface area contributed by atoms with Crippen molar-refractivity contribution in [3.8, 4) is 11.8 Å². The van der Waals surface area contributed by atoms with Gasteiger partial charge in [-0.3, -0.25) is 4.79 Å². The van der Waals surface area contributed by atoms with E-state index in [4.69, 9.17) is 4.74 Å². The minimum atomic E-state index is -0.512. The van der Waals surface area contributed by atoms with Crippen molar-refractivity contribution in [3.63, 3.8) is 0 Å². The standard InChI is InChI=1S/C30H22BrFN2O2/c31-28-17-22(10-11-23(28)18-24-8-4-5-9-29(24)32)16-25(19-33)30(35)34-26-12-14-27(15-13-26)36-20-21-6-2-1-3-7-21/h1-17H,18,20H2,(H,34,35)/b25-16+. The Hall–Kier alpha value is -4.21. The Labute approximate surface area is 217 Å². The lowest BCUT2D eigenvalue weighted by atomic mass is 10.0. The Balaban J connectivity index is 1.39. The maximum absolute atomic E-state index is 14.0. The van der Waals surface area contributed by atoms with Crippen molar-refractivity contribution >= 4 is 33.6 Å². The molecule has 0 aromatic heterocycles. The molecule has 1 amide bonds. The van der Waals surface area contributed by atoms with Gasteiger partial charge in [-0.1, -0.05) is 76.6 Å². The van der Waals surface area contributed by atoms with Crippen LogP contribution in [-0.4, -0.2) is 5.91 Å². The summed E-state index contributed by atoms with van der Waals surface area (Å²) in [6.45, 7) is 0.447. The van der Waals surface area contributed by atoms with Crippen LogP contribution in [0.5, 0.6) is 5.75 Å². The second-order valence-electron chi connectivity index (χ2n) is 8.04. The molecule has 178 valence electrons. The van der Waals surface area contributed by atoms with Crippen molar-refractivity contribution in [2.75, 3.05) is 5.32 Å². The molecule has 0 aliphatic heterocycles. The van der Waals surface area contributed by atoms with Crippen molar-refractivity contribution in [1.82, 2.24) is 0 Å². The van der Waals surface area contributed by atoms with Gasteiger partial charge in [-0.2, -0.15) is 5.26 Å². The van der Waals surface area contributed by atoms with Gasteiger partial charge in [0.2, 0.25) is 0 Å². The number of halogens is 2. The molecule has 4 nitrogen and oxygen atoms in total.